The van der Waals surface area contributed by atoms with Crippen molar-refractivity contribution in [3.05, 3.63) is 0 Å². The molecule has 0 aliphatic heterocycles. The molecule has 2 aliphatic carbocycles. The maximum atomic E-state index is 14.0. The zero-order valence-electron chi connectivity index (χ0n) is 7.49. The van der Waals surface area contributed by atoms with Crippen molar-refractivity contribution in [3.8, 4) is 0 Å². The molecule has 4 atom stereocenters. The fourth-order valence-electron chi connectivity index (χ4n) is 2.83. The Balaban J connectivity index is 2.26. The molecule has 0 aromatic heterocycles. The third-order valence-corrected chi connectivity index (χ3v) is 4.38. The van der Waals surface area contributed by atoms with E-state index in [-0.39, 0.29) is 12.3 Å². The van der Waals surface area contributed by atoms with Gasteiger partial charge in [-0.1, -0.05) is 0 Å². The number of hydrogen-bond donors (Lipinski definition) is 1. The van der Waals surface area contributed by atoms with E-state index in [1.54, 1.807) is 0 Å². The average Bonchev–Trinajstić information content (AvgIpc) is 2.60. The summed E-state index contributed by atoms with van der Waals surface area (Å²) in [6, 6.07) is 0. The summed E-state index contributed by atoms with van der Waals surface area (Å²) in [5.41, 5.74) is -5.12. The van der Waals surface area contributed by atoms with Gasteiger partial charge in [0.15, 0.2) is 5.67 Å². The molecule has 2 bridgehead atoms. The maximum Gasteiger partial charge on any atom is 0.300 e. The van der Waals surface area contributed by atoms with Crippen molar-refractivity contribution in [3.63, 3.8) is 0 Å². The molecule has 6 heteroatoms. The lowest BCUT2D eigenvalue weighted by atomic mass is 9.87. The van der Waals surface area contributed by atoms with Crippen LogP contribution >= 0.6 is 0 Å². The van der Waals surface area contributed by atoms with Gasteiger partial charge in [0.2, 0.25) is 0 Å². The Labute approximate surface area is 81.2 Å². The van der Waals surface area contributed by atoms with Gasteiger partial charge in [0.25, 0.3) is 5.50 Å². The second-order valence-corrected chi connectivity index (χ2v) is 5.78. The number of rotatable bonds is 2. The van der Waals surface area contributed by atoms with Gasteiger partial charge in [0.1, 0.15) is 0 Å². The summed E-state index contributed by atoms with van der Waals surface area (Å²) in [5, 5.41) is 0. The van der Waals surface area contributed by atoms with E-state index in [9.17, 15) is 17.2 Å². The molecule has 2 fully saturated rings. The number of halogens is 2. The van der Waals surface area contributed by atoms with E-state index in [4.69, 9.17) is 4.55 Å². The SMILES string of the molecule is O=S(=O)(O)C(F)C1(F)CC2CCC1C2. The van der Waals surface area contributed by atoms with Crippen molar-refractivity contribution < 1.29 is 21.8 Å². The van der Waals surface area contributed by atoms with Gasteiger partial charge in [-0.05, 0) is 37.5 Å². The molecule has 3 nitrogen and oxygen atoms in total. The monoisotopic (exact) mass is 226 g/mol. The Morgan fingerprint density at radius 2 is 2.07 bits per heavy atom. The predicted molar refractivity (Wildman–Crippen MR) is 45.7 cm³/mol. The number of alkyl halides is 2. The largest absolute Gasteiger partial charge is 0.300 e. The smallest absolute Gasteiger partial charge is 0.283 e. The molecule has 1 N–H and O–H groups in total. The van der Waals surface area contributed by atoms with Crippen molar-refractivity contribution in [1.82, 2.24) is 0 Å². The summed E-state index contributed by atoms with van der Waals surface area (Å²) >= 11 is 0. The quantitative estimate of drug-likeness (QED) is 0.729. The van der Waals surface area contributed by atoms with Crippen molar-refractivity contribution in [2.24, 2.45) is 11.8 Å². The molecule has 0 amide bonds. The third-order valence-electron chi connectivity index (χ3n) is 3.46. The molecule has 0 saturated heterocycles. The fourth-order valence-corrected chi connectivity index (χ4v) is 3.61. The van der Waals surface area contributed by atoms with Crippen LogP contribution in [-0.4, -0.2) is 24.1 Å². The average molecular weight is 226 g/mol. The topological polar surface area (TPSA) is 54.4 Å². The van der Waals surface area contributed by atoms with Crippen molar-refractivity contribution in [2.45, 2.75) is 36.9 Å². The van der Waals surface area contributed by atoms with Crippen LogP contribution in [0.2, 0.25) is 0 Å². The van der Waals surface area contributed by atoms with Crippen molar-refractivity contribution in [1.29, 1.82) is 0 Å². The first kappa shape index (κ1) is 10.3. The Bertz CT molecular complexity index is 342. The first-order valence-electron chi connectivity index (χ1n) is 4.63. The molecule has 0 aromatic rings. The van der Waals surface area contributed by atoms with E-state index in [0.29, 0.717) is 12.8 Å². The molecular formula is C8H12F2O3S. The van der Waals surface area contributed by atoms with Crippen LogP contribution in [0.15, 0.2) is 0 Å². The van der Waals surface area contributed by atoms with E-state index in [2.05, 4.69) is 0 Å². The molecule has 4 unspecified atom stereocenters. The first-order valence-corrected chi connectivity index (χ1v) is 6.13. The minimum absolute atomic E-state index is 0.0708. The molecule has 0 heterocycles. The van der Waals surface area contributed by atoms with Gasteiger partial charge in [-0.15, -0.1) is 0 Å². The van der Waals surface area contributed by atoms with Crippen molar-refractivity contribution >= 4 is 10.1 Å². The van der Waals surface area contributed by atoms with Crippen molar-refractivity contribution in [2.75, 3.05) is 0 Å². The van der Waals surface area contributed by atoms with Gasteiger partial charge in [-0.25, -0.2) is 8.78 Å². The normalized spacial score (nSPS) is 44.2. The summed E-state index contributed by atoms with van der Waals surface area (Å²) < 4.78 is 56.8. The fraction of sp³-hybridized carbons (Fsp3) is 1.00. The van der Waals surface area contributed by atoms with Crippen LogP contribution in [-0.2, 0) is 10.1 Å². The third kappa shape index (κ3) is 1.35. The maximum absolute atomic E-state index is 14.0. The summed E-state index contributed by atoms with van der Waals surface area (Å²) in [6.07, 6.45) is 1.84. The summed E-state index contributed by atoms with van der Waals surface area (Å²) in [6.45, 7) is 0. The summed E-state index contributed by atoms with van der Waals surface area (Å²) in [5.74, 6) is -0.450. The first-order chi connectivity index (χ1) is 6.34. The van der Waals surface area contributed by atoms with Gasteiger partial charge in [0, 0.05) is 0 Å². The van der Waals surface area contributed by atoms with E-state index in [0.717, 1.165) is 6.42 Å². The van der Waals surface area contributed by atoms with Gasteiger partial charge in [0.05, 0.1) is 0 Å². The van der Waals surface area contributed by atoms with Crippen LogP contribution in [0.25, 0.3) is 0 Å². The molecular weight excluding hydrogens is 214 g/mol. The molecule has 82 valence electrons. The molecule has 0 aromatic carbocycles. The van der Waals surface area contributed by atoms with Gasteiger partial charge < -0.3 is 0 Å². The zero-order chi connectivity index (χ0) is 10.6. The van der Waals surface area contributed by atoms with Crippen LogP contribution in [0.5, 0.6) is 0 Å². The van der Waals surface area contributed by atoms with E-state index in [1.807, 2.05) is 0 Å². The highest BCUT2D eigenvalue weighted by molar-refractivity contribution is 7.86. The lowest BCUT2D eigenvalue weighted by molar-refractivity contribution is 0.0322. The van der Waals surface area contributed by atoms with Crippen LogP contribution in [0.3, 0.4) is 0 Å². The Morgan fingerprint density at radius 3 is 2.43 bits per heavy atom. The lowest BCUT2D eigenvalue weighted by Crippen LogP contribution is -2.44. The molecule has 14 heavy (non-hydrogen) atoms. The van der Waals surface area contributed by atoms with Gasteiger partial charge >= 0.3 is 10.1 Å². The van der Waals surface area contributed by atoms with Crippen LogP contribution in [0.4, 0.5) is 8.78 Å². The second-order valence-electron chi connectivity index (χ2n) is 4.34. The number of hydrogen-bond acceptors (Lipinski definition) is 2. The molecule has 2 saturated carbocycles. The predicted octanol–water partition coefficient (Wildman–Crippen LogP) is 1.70. The van der Waals surface area contributed by atoms with Crippen LogP contribution in [0.1, 0.15) is 25.7 Å². The Hall–Kier alpha value is -0.230. The number of fused-ring (bicyclic) bond motifs is 2. The summed E-state index contributed by atoms with van der Waals surface area (Å²) in [7, 11) is -4.91. The zero-order valence-corrected chi connectivity index (χ0v) is 8.30. The highest BCUT2D eigenvalue weighted by atomic mass is 32.2. The van der Waals surface area contributed by atoms with E-state index in [1.165, 1.54) is 0 Å². The molecule has 0 radical (unpaired) electrons. The van der Waals surface area contributed by atoms with Crippen LogP contribution < -0.4 is 0 Å². The van der Waals surface area contributed by atoms with E-state index < -0.39 is 27.2 Å². The van der Waals surface area contributed by atoms with Crippen LogP contribution in [0, 0.1) is 11.8 Å². The molecule has 0 spiro atoms. The van der Waals surface area contributed by atoms with Gasteiger partial charge in [-0.3, -0.25) is 4.55 Å². The Morgan fingerprint density at radius 1 is 1.43 bits per heavy atom. The lowest BCUT2D eigenvalue weighted by Gasteiger charge is -2.30. The molecule has 2 aliphatic rings. The minimum Gasteiger partial charge on any atom is -0.283 e. The van der Waals surface area contributed by atoms with Gasteiger partial charge in [-0.2, -0.15) is 8.42 Å². The standard InChI is InChI=1S/C8H12F2O3S/c9-7(14(11,12)13)8(10)4-5-1-2-6(8)3-5/h5-7H,1-4H2,(H,11,12,13). The van der Waals surface area contributed by atoms with E-state index >= 15 is 0 Å². The Kier molecular flexibility index (Phi) is 2.12. The second kappa shape index (κ2) is 2.88. The molecule has 2 rings (SSSR count). The highest BCUT2D eigenvalue weighted by Crippen LogP contribution is 2.55. The summed E-state index contributed by atoms with van der Waals surface area (Å²) in [4.78, 5) is 0. The highest BCUT2D eigenvalue weighted by Gasteiger charge is 2.60. The minimum atomic E-state index is -4.91.